The quantitative estimate of drug-likeness (QED) is 0.833. The van der Waals surface area contributed by atoms with Gasteiger partial charge in [0.15, 0.2) is 0 Å². The Hall–Kier alpha value is -2.14. The minimum absolute atomic E-state index is 0.0201. The van der Waals surface area contributed by atoms with E-state index in [9.17, 15) is 9.59 Å². The molecule has 2 fully saturated rings. The van der Waals surface area contributed by atoms with E-state index < -0.39 is 0 Å². The Labute approximate surface area is 141 Å². The van der Waals surface area contributed by atoms with Gasteiger partial charge in [-0.05, 0) is 25.3 Å². The SMILES string of the molecule is C=C1c2ccccc2C(=O)N1CC(=O)N(C[C@H]1CCOC1)C1CC1. The molecule has 0 bridgehead atoms. The highest BCUT2D eigenvalue weighted by atomic mass is 16.5. The lowest BCUT2D eigenvalue weighted by Gasteiger charge is -2.27. The van der Waals surface area contributed by atoms with Crippen LogP contribution in [0.15, 0.2) is 30.8 Å². The number of rotatable bonds is 5. The van der Waals surface area contributed by atoms with Crippen molar-refractivity contribution in [1.29, 1.82) is 0 Å². The van der Waals surface area contributed by atoms with Gasteiger partial charge in [-0.1, -0.05) is 24.8 Å². The monoisotopic (exact) mass is 326 g/mol. The second-order valence-corrected chi connectivity index (χ2v) is 6.89. The van der Waals surface area contributed by atoms with E-state index in [-0.39, 0.29) is 18.4 Å². The minimum Gasteiger partial charge on any atom is -0.381 e. The Morgan fingerprint density at radius 2 is 2.00 bits per heavy atom. The summed E-state index contributed by atoms with van der Waals surface area (Å²) in [5.74, 6) is 0.319. The lowest BCUT2D eigenvalue weighted by atomic mass is 10.1. The van der Waals surface area contributed by atoms with Crippen LogP contribution < -0.4 is 0 Å². The van der Waals surface area contributed by atoms with E-state index in [1.165, 1.54) is 4.90 Å². The molecule has 1 aliphatic carbocycles. The molecular weight excluding hydrogens is 304 g/mol. The molecular formula is C19H22N2O3. The fourth-order valence-corrected chi connectivity index (χ4v) is 3.57. The molecule has 1 saturated carbocycles. The summed E-state index contributed by atoms with van der Waals surface area (Å²) in [4.78, 5) is 28.9. The van der Waals surface area contributed by atoms with Gasteiger partial charge in [0, 0.05) is 41.9 Å². The van der Waals surface area contributed by atoms with E-state index in [1.54, 1.807) is 6.07 Å². The van der Waals surface area contributed by atoms with E-state index in [0.29, 0.717) is 23.2 Å². The summed E-state index contributed by atoms with van der Waals surface area (Å²) in [6, 6.07) is 7.74. The van der Waals surface area contributed by atoms with Gasteiger partial charge in [0.25, 0.3) is 5.91 Å². The molecule has 1 saturated heterocycles. The summed E-state index contributed by atoms with van der Waals surface area (Å²) < 4.78 is 5.43. The summed E-state index contributed by atoms with van der Waals surface area (Å²) in [5.41, 5.74) is 2.10. The zero-order chi connectivity index (χ0) is 16.7. The van der Waals surface area contributed by atoms with Crippen LogP contribution in [0, 0.1) is 5.92 Å². The minimum atomic E-state index is -0.121. The second-order valence-electron chi connectivity index (χ2n) is 6.89. The maximum absolute atomic E-state index is 12.9. The molecule has 3 aliphatic rings. The average molecular weight is 326 g/mol. The second kappa shape index (κ2) is 6.06. The van der Waals surface area contributed by atoms with Crippen molar-refractivity contribution in [3.8, 4) is 0 Å². The van der Waals surface area contributed by atoms with E-state index in [2.05, 4.69) is 6.58 Å². The van der Waals surface area contributed by atoms with Crippen LogP contribution in [0.2, 0.25) is 0 Å². The zero-order valence-electron chi connectivity index (χ0n) is 13.7. The van der Waals surface area contributed by atoms with Crippen LogP contribution in [0.5, 0.6) is 0 Å². The fourth-order valence-electron chi connectivity index (χ4n) is 3.57. The number of nitrogens with zero attached hydrogens (tertiary/aromatic N) is 2. The van der Waals surface area contributed by atoms with Gasteiger partial charge in [-0.3, -0.25) is 14.5 Å². The lowest BCUT2D eigenvalue weighted by molar-refractivity contribution is -0.132. The van der Waals surface area contributed by atoms with Gasteiger partial charge in [-0.2, -0.15) is 0 Å². The van der Waals surface area contributed by atoms with Crippen LogP contribution in [0.3, 0.4) is 0 Å². The number of fused-ring (bicyclic) bond motifs is 1. The predicted molar refractivity (Wildman–Crippen MR) is 90.2 cm³/mol. The molecule has 0 aromatic heterocycles. The molecule has 24 heavy (non-hydrogen) atoms. The Balaban J connectivity index is 1.47. The highest BCUT2D eigenvalue weighted by Crippen LogP contribution is 2.33. The van der Waals surface area contributed by atoms with Crippen molar-refractivity contribution >= 4 is 17.5 Å². The number of hydrogen-bond donors (Lipinski definition) is 0. The van der Waals surface area contributed by atoms with Crippen molar-refractivity contribution in [3.05, 3.63) is 42.0 Å². The lowest BCUT2D eigenvalue weighted by Crippen LogP contribution is -2.43. The van der Waals surface area contributed by atoms with Gasteiger partial charge in [0.05, 0.1) is 6.61 Å². The van der Waals surface area contributed by atoms with Gasteiger partial charge in [-0.15, -0.1) is 0 Å². The van der Waals surface area contributed by atoms with E-state index >= 15 is 0 Å². The summed E-state index contributed by atoms with van der Waals surface area (Å²) in [6.45, 7) is 6.36. The van der Waals surface area contributed by atoms with Crippen molar-refractivity contribution in [2.75, 3.05) is 26.3 Å². The molecule has 1 aromatic rings. The molecule has 2 aliphatic heterocycles. The molecule has 1 aromatic carbocycles. The Kier molecular flexibility index (Phi) is 3.88. The Morgan fingerprint density at radius 3 is 2.62 bits per heavy atom. The number of benzene rings is 1. The third kappa shape index (κ3) is 2.73. The van der Waals surface area contributed by atoms with Crippen LogP contribution >= 0.6 is 0 Å². The van der Waals surface area contributed by atoms with Crippen LogP contribution in [0.1, 0.15) is 35.2 Å². The van der Waals surface area contributed by atoms with Crippen molar-refractivity contribution in [2.24, 2.45) is 5.92 Å². The van der Waals surface area contributed by atoms with Crippen molar-refractivity contribution in [3.63, 3.8) is 0 Å². The largest absolute Gasteiger partial charge is 0.381 e. The maximum Gasteiger partial charge on any atom is 0.259 e. The van der Waals surface area contributed by atoms with E-state index in [0.717, 1.165) is 44.6 Å². The normalized spacial score (nSPS) is 22.8. The van der Waals surface area contributed by atoms with Crippen LogP contribution in [0.25, 0.3) is 5.70 Å². The van der Waals surface area contributed by atoms with Crippen molar-refractivity contribution in [1.82, 2.24) is 9.80 Å². The first-order valence-corrected chi connectivity index (χ1v) is 8.62. The van der Waals surface area contributed by atoms with Gasteiger partial charge in [-0.25, -0.2) is 0 Å². The highest BCUT2D eigenvalue weighted by molar-refractivity contribution is 6.10. The standard InChI is InChI=1S/C19H22N2O3/c1-13-16-4-2-3-5-17(16)19(23)20(13)11-18(22)21(15-6-7-15)10-14-8-9-24-12-14/h2-5,14-15H,1,6-12H2/t14-/m1/s1. The summed E-state index contributed by atoms with van der Waals surface area (Å²) in [5, 5.41) is 0. The van der Waals surface area contributed by atoms with E-state index in [1.807, 2.05) is 23.1 Å². The van der Waals surface area contributed by atoms with Gasteiger partial charge in [0.2, 0.25) is 5.91 Å². The average Bonchev–Trinajstić information content (AvgIpc) is 3.25. The molecule has 4 rings (SSSR count). The topological polar surface area (TPSA) is 49.9 Å². The van der Waals surface area contributed by atoms with E-state index in [4.69, 9.17) is 4.74 Å². The number of hydrogen-bond acceptors (Lipinski definition) is 3. The molecule has 0 N–H and O–H groups in total. The first kappa shape index (κ1) is 15.4. The predicted octanol–water partition coefficient (Wildman–Crippen LogP) is 2.14. The van der Waals surface area contributed by atoms with Crippen LogP contribution in [0.4, 0.5) is 0 Å². The first-order valence-electron chi connectivity index (χ1n) is 8.62. The maximum atomic E-state index is 12.9. The number of ether oxygens (including phenoxy) is 1. The zero-order valence-corrected chi connectivity index (χ0v) is 13.7. The van der Waals surface area contributed by atoms with Crippen molar-refractivity contribution < 1.29 is 14.3 Å². The number of carbonyl (C=O) groups excluding carboxylic acids is 2. The number of amides is 2. The van der Waals surface area contributed by atoms with Gasteiger partial charge >= 0.3 is 0 Å². The molecule has 2 heterocycles. The first-order chi connectivity index (χ1) is 11.6. The molecule has 1 atom stereocenters. The van der Waals surface area contributed by atoms with Crippen molar-refractivity contribution in [2.45, 2.75) is 25.3 Å². The fraction of sp³-hybridized carbons (Fsp3) is 0.474. The summed E-state index contributed by atoms with van der Waals surface area (Å²) in [6.07, 6.45) is 3.14. The van der Waals surface area contributed by atoms with Gasteiger partial charge < -0.3 is 9.64 Å². The number of carbonyl (C=O) groups is 2. The molecule has 0 spiro atoms. The summed E-state index contributed by atoms with van der Waals surface area (Å²) in [7, 11) is 0. The van der Waals surface area contributed by atoms with Crippen LogP contribution in [-0.2, 0) is 9.53 Å². The third-order valence-corrected chi connectivity index (χ3v) is 5.12. The molecule has 5 nitrogen and oxygen atoms in total. The Morgan fingerprint density at radius 1 is 1.25 bits per heavy atom. The van der Waals surface area contributed by atoms with Crippen LogP contribution in [-0.4, -0.2) is 54.0 Å². The third-order valence-electron chi connectivity index (χ3n) is 5.12. The molecule has 2 amide bonds. The highest BCUT2D eigenvalue weighted by Gasteiger charge is 2.38. The Bertz CT molecular complexity index is 655. The molecule has 126 valence electrons. The molecule has 5 heteroatoms. The molecule has 0 unspecified atom stereocenters. The molecule has 0 radical (unpaired) electrons. The summed E-state index contributed by atoms with van der Waals surface area (Å²) >= 11 is 0. The van der Waals surface area contributed by atoms with Gasteiger partial charge in [0.1, 0.15) is 6.54 Å². The smallest absolute Gasteiger partial charge is 0.259 e.